The quantitative estimate of drug-likeness (QED) is 0.654. The second-order valence-corrected chi connectivity index (χ2v) is 5.19. The van der Waals surface area contributed by atoms with Gasteiger partial charge in [0, 0.05) is 16.6 Å². The third kappa shape index (κ3) is 2.82. The van der Waals surface area contributed by atoms with Crippen molar-refractivity contribution >= 4 is 33.1 Å². The fraction of sp³-hybridized carbons (Fsp3) is 0.133. The molecule has 0 aliphatic carbocycles. The number of para-hydroxylation sites is 1. The van der Waals surface area contributed by atoms with Gasteiger partial charge in [-0.05, 0) is 37.3 Å². The Labute approximate surface area is 125 Å². The molecule has 0 atom stereocenters. The zero-order valence-electron chi connectivity index (χ0n) is 11.0. The molecule has 3 N–H and O–H groups in total. The van der Waals surface area contributed by atoms with E-state index in [9.17, 15) is 4.39 Å². The lowest BCUT2D eigenvalue weighted by Crippen LogP contribution is -2.22. The summed E-state index contributed by atoms with van der Waals surface area (Å²) in [6.45, 7) is 2.49. The maximum atomic E-state index is 14.0. The molecule has 5 heteroatoms. The smallest absolute Gasteiger partial charge is 0.146 e. The highest BCUT2D eigenvalue weighted by Crippen LogP contribution is 2.32. The predicted molar refractivity (Wildman–Crippen MR) is 84.2 cm³/mol. The van der Waals surface area contributed by atoms with Crippen LogP contribution in [0.2, 0.25) is 0 Å². The van der Waals surface area contributed by atoms with Gasteiger partial charge in [0.1, 0.15) is 11.7 Å². The van der Waals surface area contributed by atoms with Gasteiger partial charge in [0.2, 0.25) is 0 Å². The van der Waals surface area contributed by atoms with Crippen LogP contribution in [-0.2, 0) is 0 Å². The van der Waals surface area contributed by atoms with E-state index < -0.39 is 0 Å². The van der Waals surface area contributed by atoms with Crippen LogP contribution in [0.4, 0.5) is 15.8 Å². The summed E-state index contributed by atoms with van der Waals surface area (Å²) in [5.74, 6) is -0.342. The summed E-state index contributed by atoms with van der Waals surface area (Å²) < 4.78 is 14.9. The summed E-state index contributed by atoms with van der Waals surface area (Å²) in [5, 5.41) is 7.67. The Morgan fingerprint density at radius 2 is 1.95 bits per heavy atom. The lowest BCUT2D eigenvalue weighted by Gasteiger charge is -2.26. The van der Waals surface area contributed by atoms with Gasteiger partial charge < -0.3 is 10.6 Å². The molecule has 0 aliphatic heterocycles. The summed E-state index contributed by atoms with van der Waals surface area (Å²) >= 11 is 3.40. The number of benzene rings is 2. The van der Waals surface area contributed by atoms with E-state index in [1.165, 1.54) is 6.07 Å². The highest BCUT2D eigenvalue weighted by Gasteiger charge is 2.16. The van der Waals surface area contributed by atoms with Crippen molar-refractivity contribution in [2.24, 2.45) is 5.73 Å². The molecule has 3 nitrogen and oxygen atoms in total. The standard InChI is InChI=1S/C15H15BrFN3/c1-2-20(13-6-4-3-5-12(13)17)14-9-10(16)7-8-11(14)15(18)19/h3-9H,2H2,1H3,(H3,18,19). The zero-order valence-corrected chi connectivity index (χ0v) is 12.6. The highest BCUT2D eigenvalue weighted by molar-refractivity contribution is 9.10. The van der Waals surface area contributed by atoms with Crippen LogP contribution < -0.4 is 10.6 Å². The molecule has 2 rings (SSSR count). The molecule has 0 heterocycles. The molecule has 0 radical (unpaired) electrons. The number of nitrogen functional groups attached to an aromatic ring is 1. The van der Waals surface area contributed by atoms with Gasteiger partial charge in [-0.1, -0.05) is 28.1 Å². The first-order valence-electron chi connectivity index (χ1n) is 6.20. The van der Waals surface area contributed by atoms with Gasteiger partial charge >= 0.3 is 0 Å². The first-order valence-corrected chi connectivity index (χ1v) is 7.00. The van der Waals surface area contributed by atoms with E-state index >= 15 is 0 Å². The molecule has 0 unspecified atom stereocenters. The molecule has 0 spiro atoms. The molecule has 0 bridgehead atoms. The van der Waals surface area contributed by atoms with E-state index in [4.69, 9.17) is 11.1 Å². The number of nitrogens with two attached hydrogens (primary N) is 1. The van der Waals surface area contributed by atoms with Gasteiger partial charge in [-0.2, -0.15) is 0 Å². The first-order chi connectivity index (χ1) is 9.54. The van der Waals surface area contributed by atoms with E-state index in [1.807, 2.05) is 19.1 Å². The Morgan fingerprint density at radius 3 is 2.55 bits per heavy atom. The molecule has 2 aromatic carbocycles. The highest BCUT2D eigenvalue weighted by atomic mass is 79.9. The predicted octanol–water partition coefficient (Wildman–Crippen LogP) is 4.03. The Kier molecular flexibility index (Phi) is 4.39. The minimum Gasteiger partial charge on any atom is -0.384 e. The molecule has 104 valence electrons. The molecular weight excluding hydrogens is 321 g/mol. The molecule has 0 amide bonds. The van der Waals surface area contributed by atoms with Crippen LogP contribution >= 0.6 is 15.9 Å². The average molecular weight is 336 g/mol. The summed E-state index contributed by atoms with van der Waals surface area (Å²) in [7, 11) is 0. The van der Waals surface area contributed by atoms with E-state index in [2.05, 4.69) is 15.9 Å². The van der Waals surface area contributed by atoms with E-state index in [-0.39, 0.29) is 11.7 Å². The van der Waals surface area contributed by atoms with Gasteiger partial charge in [0.25, 0.3) is 0 Å². The SMILES string of the molecule is CCN(c1ccccc1F)c1cc(Br)ccc1C(=N)N. The van der Waals surface area contributed by atoms with Crippen LogP contribution in [0.15, 0.2) is 46.9 Å². The monoisotopic (exact) mass is 335 g/mol. The van der Waals surface area contributed by atoms with Crippen LogP contribution in [0.5, 0.6) is 0 Å². The van der Waals surface area contributed by atoms with Crippen LogP contribution in [0.1, 0.15) is 12.5 Å². The van der Waals surface area contributed by atoms with Crippen LogP contribution in [0.3, 0.4) is 0 Å². The molecule has 0 aromatic heterocycles. The van der Waals surface area contributed by atoms with Crippen molar-refractivity contribution in [3.8, 4) is 0 Å². The number of nitrogens with one attached hydrogen (secondary N) is 1. The summed E-state index contributed by atoms with van der Waals surface area (Å²) in [5.41, 5.74) is 7.38. The van der Waals surface area contributed by atoms with Gasteiger partial charge in [0.05, 0.1) is 11.4 Å². The lowest BCUT2D eigenvalue weighted by atomic mass is 10.1. The molecular formula is C15H15BrFN3. The van der Waals surface area contributed by atoms with Crippen molar-refractivity contribution in [2.45, 2.75) is 6.92 Å². The third-order valence-corrected chi connectivity index (χ3v) is 3.49. The fourth-order valence-electron chi connectivity index (χ4n) is 2.10. The van der Waals surface area contributed by atoms with Crippen molar-refractivity contribution < 1.29 is 4.39 Å². The van der Waals surface area contributed by atoms with Gasteiger partial charge in [-0.15, -0.1) is 0 Å². The molecule has 20 heavy (non-hydrogen) atoms. The van der Waals surface area contributed by atoms with Crippen molar-refractivity contribution in [1.82, 2.24) is 0 Å². The molecule has 0 aliphatic rings. The van der Waals surface area contributed by atoms with Crippen molar-refractivity contribution in [1.29, 1.82) is 5.41 Å². The van der Waals surface area contributed by atoms with Gasteiger partial charge in [-0.25, -0.2) is 4.39 Å². The fourth-order valence-corrected chi connectivity index (χ4v) is 2.45. The van der Waals surface area contributed by atoms with Crippen LogP contribution in [0.25, 0.3) is 0 Å². The van der Waals surface area contributed by atoms with Gasteiger partial charge in [0.15, 0.2) is 0 Å². The minimum absolute atomic E-state index is 0.0395. The van der Waals surface area contributed by atoms with Crippen LogP contribution in [-0.4, -0.2) is 12.4 Å². The molecule has 0 fully saturated rings. The number of hydrogen-bond acceptors (Lipinski definition) is 2. The number of amidine groups is 1. The van der Waals surface area contributed by atoms with E-state index in [0.29, 0.717) is 23.5 Å². The number of hydrogen-bond donors (Lipinski definition) is 2. The molecule has 2 aromatic rings. The summed E-state index contributed by atoms with van der Waals surface area (Å²) in [4.78, 5) is 1.80. The third-order valence-electron chi connectivity index (χ3n) is 3.00. The van der Waals surface area contributed by atoms with Crippen molar-refractivity contribution in [3.05, 3.63) is 58.3 Å². The van der Waals surface area contributed by atoms with E-state index in [0.717, 1.165) is 4.47 Å². The largest absolute Gasteiger partial charge is 0.384 e. The Bertz CT molecular complexity index is 643. The van der Waals surface area contributed by atoms with Crippen molar-refractivity contribution in [3.63, 3.8) is 0 Å². The number of nitrogens with zero attached hydrogens (tertiary/aromatic N) is 1. The Hall–Kier alpha value is -1.88. The van der Waals surface area contributed by atoms with Crippen molar-refractivity contribution in [2.75, 3.05) is 11.4 Å². The maximum absolute atomic E-state index is 14.0. The Morgan fingerprint density at radius 1 is 1.25 bits per heavy atom. The van der Waals surface area contributed by atoms with Crippen LogP contribution in [0, 0.1) is 11.2 Å². The number of halogens is 2. The van der Waals surface area contributed by atoms with E-state index in [1.54, 1.807) is 29.2 Å². The second-order valence-electron chi connectivity index (χ2n) is 4.27. The zero-order chi connectivity index (χ0) is 14.7. The normalized spacial score (nSPS) is 10.3. The average Bonchev–Trinajstić information content (AvgIpc) is 2.41. The topological polar surface area (TPSA) is 53.1 Å². The van der Waals surface area contributed by atoms with Gasteiger partial charge in [-0.3, -0.25) is 5.41 Å². The number of anilines is 2. The minimum atomic E-state index is -0.302. The molecule has 0 saturated heterocycles. The molecule has 0 saturated carbocycles. The first kappa shape index (κ1) is 14.5. The maximum Gasteiger partial charge on any atom is 0.146 e. The summed E-state index contributed by atoms with van der Waals surface area (Å²) in [6, 6.07) is 12.0. The lowest BCUT2D eigenvalue weighted by molar-refractivity contribution is 0.625. The Balaban J connectivity index is 2.60. The second kappa shape index (κ2) is 6.05. The number of rotatable bonds is 4. The summed E-state index contributed by atoms with van der Waals surface area (Å²) in [6.07, 6.45) is 0.